The molecule has 0 spiro atoms. The van der Waals surface area contributed by atoms with Crippen molar-refractivity contribution in [2.75, 3.05) is 7.11 Å². The first-order chi connectivity index (χ1) is 9.29. The number of rotatable bonds is 2. The maximum Gasteiger partial charge on any atom is 0.137 e. The smallest absolute Gasteiger partial charge is 0.137 e. The van der Waals surface area contributed by atoms with E-state index in [0.717, 1.165) is 24.8 Å². The van der Waals surface area contributed by atoms with E-state index in [2.05, 4.69) is 20.8 Å². The Hall–Kier alpha value is -0.730. The zero-order chi connectivity index (χ0) is 15.0. The number of aliphatic hydroxyl groups is 1. The highest BCUT2D eigenvalue weighted by Gasteiger charge is 2.46. The minimum Gasteiger partial charge on any atom is -0.495 e. The largest absolute Gasteiger partial charge is 0.495 e. The van der Waals surface area contributed by atoms with Gasteiger partial charge in [0.15, 0.2) is 0 Å². The van der Waals surface area contributed by atoms with E-state index in [0.29, 0.717) is 10.8 Å². The number of benzene rings is 1. The van der Waals surface area contributed by atoms with Gasteiger partial charge in [-0.25, -0.2) is 0 Å². The Morgan fingerprint density at radius 3 is 2.60 bits per heavy atom. The van der Waals surface area contributed by atoms with Crippen LogP contribution in [0.1, 0.15) is 52.0 Å². The Bertz CT molecular complexity index is 478. The van der Waals surface area contributed by atoms with Gasteiger partial charge in [0.2, 0.25) is 0 Å². The fourth-order valence-electron chi connectivity index (χ4n) is 3.58. The van der Waals surface area contributed by atoms with Gasteiger partial charge < -0.3 is 9.84 Å². The predicted octanol–water partition coefficient (Wildman–Crippen LogP) is 4.77. The van der Waals surface area contributed by atoms with Crippen LogP contribution in [0.15, 0.2) is 18.2 Å². The molecule has 2 unspecified atom stereocenters. The van der Waals surface area contributed by atoms with Crippen molar-refractivity contribution in [1.82, 2.24) is 0 Å². The van der Waals surface area contributed by atoms with E-state index in [1.807, 2.05) is 18.2 Å². The summed E-state index contributed by atoms with van der Waals surface area (Å²) >= 11 is 6.10. The van der Waals surface area contributed by atoms with E-state index < -0.39 is 5.60 Å². The molecular formula is C17H25ClO2. The number of hydrogen-bond donors (Lipinski definition) is 1. The quantitative estimate of drug-likeness (QED) is 0.851. The Labute approximate surface area is 127 Å². The van der Waals surface area contributed by atoms with E-state index in [9.17, 15) is 5.11 Å². The molecule has 1 aliphatic carbocycles. The second-order valence-electron chi connectivity index (χ2n) is 6.94. The van der Waals surface area contributed by atoms with Crippen LogP contribution in [0, 0.1) is 11.3 Å². The third-order valence-corrected chi connectivity index (χ3v) is 4.89. The van der Waals surface area contributed by atoms with E-state index >= 15 is 0 Å². The van der Waals surface area contributed by atoms with Crippen LogP contribution in [0.3, 0.4) is 0 Å². The molecule has 1 aromatic carbocycles. The molecule has 1 aromatic rings. The first kappa shape index (κ1) is 15.7. The molecule has 2 rings (SSSR count). The first-order valence-corrected chi connectivity index (χ1v) is 7.73. The molecule has 0 heterocycles. The Morgan fingerprint density at radius 1 is 1.30 bits per heavy atom. The molecule has 2 atom stereocenters. The number of hydrogen-bond acceptors (Lipinski definition) is 2. The molecule has 1 saturated carbocycles. The summed E-state index contributed by atoms with van der Waals surface area (Å²) in [4.78, 5) is 0. The number of ether oxygens (including phenoxy) is 1. The lowest BCUT2D eigenvalue weighted by molar-refractivity contribution is -0.0960. The standard InChI is InChI=1S/C17H25ClO2/c1-16(2,3)15-7-5-6-10-17(15,19)12-8-9-13(18)14(11-12)20-4/h8-9,11,15,19H,5-7,10H2,1-4H3. The summed E-state index contributed by atoms with van der Waals surface area (Å²) in [5.74, 6) is 0.880. The highest BCUT2D eigenvalue weighted by atomic mass is 35.5. The molecule has 0 bridgehead atoms. The maximum absolute atomic E-state index is 11.4. The summed E-state index contributed by atoms with van der Waals surface area (Å²) in [6.07, 6.45) is 4.12. The molecule has 0 radical (unpaired) electrons. The van der Waals surface area contributed by atoms with Gasteiger partial charge in [-0.1, -0.05) is 51.3 Å². The predicted molar refractivity (Wildman–Crippen MR) is 83.3 cm³/mol. The summed E-state index contributed by atoms with van der Waals surface area (Å²) in [6.45, 7) is 6.63. The minimum absolute atomic E-state index is 0.0715. The highest BCUT2D eigenvalue weighted by molar-refractivity contribution is 6.32. The van der Waals surface area contributed by atoms with E-state index in [1.54, 1.807) is 7.11 Å². The lowest BCUT2D eigenvalue weighted by atomic mass is 9.61. The molecule has 3 heteroatoms. The maximum atomic E-state index is 11.4. The van der Waals surface area contributed by atoms with Crippen LogP contribution in [0.2, 0.25) is 5.02 Å². The highest BCUT2D eigenvalue weighted by Crippen LogP contribution is 2.50. The van der Waals surface area contributed by atoms with Crippen LogP contribution in [-0.2, 0) is 5.60 Å². The zero-order valence-corrected chi connectivity index (χ0v) is 13.6. The Morgan fingerprint density at radius 2 is 2.00 bits per heavy atom. The topological polar surface area (TPSA) is 29.5 Å². The third-order valence-electron chi connectivity index (χ3n) is 4.57. The van der Waals surface area contributed by atoms with Crippen LogP contribution < -0.4 is 4.74 Å². The van der Waals surface area contributed by atoms with Gasteiger partial charge in [0.1, 0.15) is 5.75 Å². The molecule has 112 valence electrons. The average Bonchev–Trinajstić information content (AvgIpc) is 2.38. The van der Waals surface area contributed by atoms with Gasteiger partial charge >= 0.3 is 0 Å². The summed E-state index contributed by atoms with van der Waals surface area (Å²) in [7, 11) is 1.61. The van der Waals surface area contributed by atoms with Gasteiger partial charge in [0, 0.05) is 0 Å². The summed E-state index contributed by atoms with van der Waals surface area (Å²) in [5, 5.41) is 11.9. The van der Waals surface area contributed by atoms with Crippen LogP contribution >= 0.6 is 11.6 Å². The van der Waals surface area contributed by atoms with Gasteiger partial charge in [-0.2, -0.15) is 0 Å². The second kappa shape index (κ2) is 5.57. The van der Waals surface area contributed by atoms with Crippen molar-refractivity contribution in [3.05, 3.63) is 28.8 Å². The normalized spacial score (nSPS) is 27.4. The van der Waals surface area contributed by atoms with Gasteiger partial charge in [0.05, 0.1) is 17.7 Å². The fraction of sp³-hybridized carbons (Fsp3) is 0.647. The third kappa shape index (κ3) is 2.82. The van der Waals surface area contributed by atoms with Crippen molar-refractivity contribution in [2.24, 2.45) is 11.3 Å². The SMILES string of the molecule is COc1cc(C2(O)CCCCC2C(C)(C)C)ccc1Cl. The monoisotopic (exact) mass is 296 g/mol. The fourth-order valence-corrected chi connectivity index (χ4v) is 3.77. The van der Waals surface area contributed by atoms with Crippen molar-refractivity contribution in [3.63, 3.8) is 0 Å². The van der Waals surface area contributed by atoms with Crippen LogP contribution in [0.25, 0.3) is 0 Å². The van der Waals surface area contributed by atoms with E-state index in [4.69, 9.17) is 16.3 Å². The lowest BCUT2D eigenvalue weighted by Crippen LogP contribution is -2.44. The number of methoxy groups -OCH3 is 1. The van der Waals surface area contributed by atoms with Crippen molar-refractivity contribution in [1.29, 1.82) is 0 Å². The molecule has 1 fully saturated rings. The molecule has 0 amide bonds. The molecule has 1 N–H and O–H groups in total. The molecular weight excluding hydrogens is 272 g/mol. The molecule has 2 nitrogen and oxygen atoms in total. The van der Waals surface area contributed by atoms with Crippen molar-refractivity contribution in [2.45, 2.75) is 52.1 Å². The summed E-state index contributed by atoms with van der Waals surface area (Å²) in [6, 6.07) is 5.66. The van der Waals surface area contributed by atoms with Crippen LogP contribution in [0.4, 0.5) is 0 Å². The molecule has 0 aromatic heterocycles. The second-order valence-corrected chi connectivity index (χ2v) is 7.35. The Balaban J connectivity index is 2.45. The van der Waals surface area contributed by atoms with Crippen molar-refractivity contribution in [3.8, 4) is 5.75 Å². The van der Waals surface area contributed by atoms with E-state index in [-0.39, 0.29) is 11.3 Å². The molecule has 1 aliphatic rings. The summed E-state index contributed by atoms with van der Waals surface area (Å²) in [5.41, 5.74) is 0.217. The van der Waals surface area contributed by atoms with Crippen LogP contribution in [-0.4, -0.2) is 12.2 Å². The zero-order valence-electron chi connectivity index (χ0n) is 12.9. The molecule has 20 heavy (non-hydrogen) atoms. The van der Waals surface area contributed by atoms with Gasteiger partial charge in [0.25, 0.3) is 0 Å². The lowest BCUT2D eigenvalue weighted by Gasteiger charge is -2.47. The van der Waals surface area contributed by atoms with Crippen LogP contribution in [0.5, 0.6) is 5.75 Å². The molecule has 0 saturated heterocycles. The van der Waals surface area contributed by atoms with Gasteiger partial charge in [-0.05, 0) is 41.9 Å². The first-order valence-electron chi connectivity index (χ1n) is 7.35. The van der Waals surface area contributed by atoms with Crippen molar-refractivity contribution < 1.29 is 9.84 Å². The Kier molecular flexibility index (Phi) is 4.36. The van der Waals surface area contributed by atoms with E-state index in [1.165, 1.54) is 6.42 Å². The minimum atomic E-state index is -0.783. The number of halogens is 1. The average molecular weight is 297 g/mol. The summed E-state index contributed by atoms with van der Waals surface area (Å²) < 4.78 is 5.30. The molecule has 0 aliphatic heterocycles. The van der Waals surface area contributed by atoms with Crippen molar-refractivity contribution >= 4 is 11.6 Å². The van der Waals surface area contributed by atoms with Gasteiger partial charge in [-0.15, -0.1) is 0 Å². The van der Waals surface area contributed by atoms with Gasteiger partial charge in [-0.3, -0.25) is 0 Å².